The SMILES string of the molecule is NCc1ccc(CN2CC[Si](c3ccccc3)(c3ccccc3)CC2)cc1. The maximum atomic E-state index is 5.72. The van der Waals surface area contributed by atoms with E-state index < -0.39 is 8.07 Å². The van der Waals surface area contributed by atoms with E-state index in [4.69, 9.17) is 5.73 Å². The quantitative estimate of drug-likeness (QED) is 0.697. The minimum absolute atomic E-state index is 0.617. The Morgan fingerprint density at radius 2 is 1.15 bits per heavy atom. The summed E-state index contributed by atoms with van der Waals surface area (Å²) in [4.78, 5) is 2.62. The first-order chi connectivity index (χ1) is 13.3. The van der Waals surface area contributed by atoms with Crippen LogP contribution in [0.1, 0.15) is 11.1 Å². The summed E-state index contributed by atoms with van der Waals surface area (Å²) in [5, 5.41) is 3.17. The molecular weight excluding hydrogens is 344 g/mol. The van der Waals surface area contributed by atoms with Crippen LogP contribution in [0.25, 0.3) is 0 Å². The Kier molecular flexibility index (Phi) is 5.53. The summed E-state index contributed by atoms with van der Waals surface area (Å²) in [6.45, 7) is 4.01. The lowest BCUT2D eigenvalue weighted by Gasteiger charge is -2.41. The zero-order valence-corrected chi connectivity index (χ0v) is 16.9. The Labute approximate surface area is 163 Å². The number of rotatable bonds is 5. The minimum atomic E-state index is -1.67. The van der Waals surface area contributed by atoms with Crippen molar-refractivity contribution in [2.75, 3.05) is 13.1 Å². The molecular formula is C24H28N2Si. The predicted octanol–water partition coefficient (Wildman–Crippen LogP) is 3.22. The van der Waals surface area contributed by atoms with Gasteiger partial charge in [-0.15, -0.1) is 0 Å². The summed E-state index contributed by atoms with van der Waals surface area (Å²) in [7, 11) is -1.67. The third-order valence-corrected chi connectivity index (χ3v) is 11.1. The van der Waals surface area contributed by atoms with Crippen molar-refractivity contribution in [3.05, 3.63) is 96.1 Å². The van der Waals surface area contributed by atoms with E-state index in [1.165, 1.54) is 36.3 Å². The zero-order chi connectivity index (χ0) is 18.5. The maximum absolute atomic E-state index is 5.72. The van der Waals surface area contributed by atoms with Crippen LogP contribution in [0.5, 0.6) is 0 Å². The van der Waals surface area contributed by atoms with Gasteiger partial charge in [0.2, 0.25) is 0 Å². The second-order valence-corrected chi connectivity index (χ2v) is 11.9. The van der Waals surface area contributed by atoms with Gasteiger partial charge in [-0.3, -0.25) is 4.90 Å². The first-order valence-electron chi connectivity index (χ1n) is 9.91. The molecule has 1 fully saturated rings. The molecule has 2 nitrogen and oxygen atoms in total. The smallest absolute Gasteiger partial charge is 0.120 e. The average molecular weight is 373 g/mol. The molecule has 138 valence electrons. The van der Waals surface area contributed by atoms with Crippen molar-refractivity contribution in [2.45, 2.75) is 25.2 Å². The molecule has 0 atom stereocenters. The molecule has 0 aliphatic carbocycles. The van der Waals surface area contributed by atoms with Gasteiger partial charge in [0.15, 0.2) is 0 Å². The second-order valence-electron chi connectivity index (χ2n) is 7.61. The molecule has 3 aromatic rings. The molecule has 27 heavy (non-hydrogen) atoms. The van der Waals surface area contributed by atoms with Crippen molar-refractivity contribution in [3.8, 4) is 0 Å². The standard InChI is InChI=1S/C24H28N2Si/c25-19-21-11-13-22(14-12-21)20-26-15-17-27(18-16-26,23-7-3-1-4-8-23)24-9-5-2-6-10-24/h1-14H,15-20,25H2. The van der Waals surface area contributed by atoms with Crippen LogP contribution in [-0.4, -0.2) is 26.1 Å². The van der Waals surface area contributed by atoms with Crippen LogP contribution in [0.2, 0.25) is 12.1 Å². The third kappa shape index (κ3) is 3.91. The van der Waals surface area contributed by atoms with Gasteiger partial charge in [0.1, 0.15) is 8.07 Å². The van der Waals surface area contributed by atoms with Crippen LogP contribution in [0.15, 0.2) is 84.9 Å². The molecule has 0 spiro atoms. The predicted molar refractivity (Wildman–Crippen MR) is 117 cm³/mol. The Morgan fingerprint density at radius 3 is 1.63 bits per heavy atom. The van der Waals surface area contributed by atoms with E-state index in [2.05, 4.69) is 89.8 Å². The van der Waals surface area contributed by atoms with Crippen LogP contribution in [0, 0.1) is 0 Å². The summed E-state index contributed by atoms with van der Waals surface area (Å²) in [5.74, 6) is 0. The van der Waals surface area contributed by atoms with Gasteiger partial charge in [0, 0.05) is 13.1 Å². The fourth-order valence-electron chi connectivity index (χ4n) is 4.39. The van der Waals surface area contributed by atoms with E-state index in [1.54, 1.807) is 10.4 Å². The fourth-order valence-corrected chi connectivity index (χ4v) is 9.19. The Bertz CT molecular complexity index is 797. The Balaban J connectivity index is 1.53. The van der Waals surface area contributed by atoms with E-state index in [-0.39, 0.29) is 0 Å². The van der Waals surface area contributed by atoms with Crippen molar-refractivity contribution < 1.29 is 0 Å². The minimum Gasteiger partial charge on any atom is -0.326 e. The van der Waals surface area contributed by atoms with Gasteiger partial charge in [0.05, 0.1) is 0 Å². The van der Waals surface area contributed by atoms with Crippen molar-refractivity contribution in [1.82, 2.24) is 4.90 Å². The molecule has 0 bridgehead atoms. The summed E-state index contributed by atoms with van der Waals surface area (Å²) in [5.41, 5.74) is 8.31. The molecule has 1 heterocycles. The maximum Gasteiger partial charge on any atom is 0.120 e. The van der Waals surface area contributed by atoms with Crippen LogP contribution in [0.4, 0.5) is 0 Å². The lowest BCUT2D eigenvalue weighted by atomic mass is 10.1. The molecule has 0 unspecified atom stereocenters. The summed E-state index contributed by atoms with van der Waals surface area (Å²) in [6.07, 6.45) is 0. The van der Waals surface area contributed by atoms with Crippen LogP contribution in [-0.2, 0) is 13.1 Å². The normalized spacial score (nSPS) is 16.9. The Hall–Kier alpha value is -2.20. The zero-order valence-electron chi connectivity index (χ0n) is 15.9. The number of hydrogen-bond acceptors (Lipinski definition) is 2. The Morgan fingerprint density at radius 1 is 0.667 bits per heavy atom. The van der Waals surface area contributed by atoms with E-state index in [0.717, 1.165) is 6.54 Å². The van der Waals surface area contributed by atoms with Crippen LogP contribution >= 0.6 is 0 Å². The van der Waals surface area contributed by atoms with Crippen molar-refractivity contribution in [3.63, 3.8) is 0 Å². The highest BCUT2D eigenvalue weighted by atomic mass is 28.3. The number of nitrogens with zero attached hydrogens (tertiary/aromatic N) is 1. The second kappa shape index (κ2) is 8.22. The third-order valence-electron chi connectivity index (χ3n) is 6.03. The molecule has 0 radical (unpaired) electrons. The molecule has 3 heteroatoms. The van der Waals surface area contributed by atoms with E-state index >= 15 is 0 Å². The highest BCUT2D eigenvalue weighted by molar-refractivity contribution is 7.02. The summed E-state index contributed by atoms with van der Waals surface area (Å²) >= 11 is 0. The summed E-state index contributed by atoms with van der Waals surface area (Å²) in [6, 6.07) is 33.9. The largest absolute Gasteiger partial charge is 0.326 e. The number of benzene rings is 3. The lowest BCUT2D eigenvalue weighted by molar-refractivity contribution is 0.283. The van der Waals surface area contributed by atoms with Gasteiger partial charge in [-0.1, -0.05) is 95.3 Å². The van der Waals surface area contributed by atoms with Gasteiger partial charge in [-0.05, 0) is 36.3 Å². The van der Waals surface area contributed by atoms with Crippen LogP contribution < -0.4 is 16.1 Å². The molecule has 3 aromatic carbocycles. The van der Waals surface area contributed by atoms with Gasteiger partial charge in [-0.2, -0.15) is 0 Å². The molecule has 1 saturated heterocycles. The summed E-state index contributed by atoms with van der Waals surface area (Å²) < 4.78 is 0. The monoisotopic (exact) mass is 372 g/mol. The van der Waals surface area contributed by atoms with Gasteiger partial charge >= 0.3 is 0 Å². The van der Waals surface area contributed by atoms with E-state index in [1.807, 2.05) is 0 Å². The number of hydrogen-bond donors (Lipinski definition) is 1. The molecule has 0 amide bonds. The van der Waals surface area contributed by atoms with Gasteiger partial charge in [-0.25, -0.2) is 0 Å². The topological polar surface area (TPSA) is 29.3 Å². The first-order valence-corrected chi connectivity index (χ1v) is 12.3. The van der Waals surface area contributed by atoms with E-state index in [0.29, 0.717) is 6.54 Å². The molecule has 1 aliphatic rings. The average Bonchev–Trinajstić information content (AvgIpc) is 2.76. The van der Waals surface area contributed by atoms with Crippen LogP contribution in [0.3, 0.4) is 0 Å². The van der Waals surface area contributed by atoms with E-state index in [9.17, 15) is 0 Å². The fraction of sp³-hybridized carbons (Fsp3) is 0.250. The number of nitrogens with two attached hydrogens (primary N) is 1. The van der Waals surface area contributed by atoms with Gasteiger partial charge < -0.3 is 5.73 Å². The molecule has 1 aliphatic heterocycles. The highest BCUT2D eigenvalue weighted by Gasteiger charge is 2.39. The van der Waals surface area contributed by atoms with Gasteiger partial charge in [0.25, 0.3) is 0 Å². The van der Waals surface area contributed by atoms with Crippen molar-refractivity contribution in [1.29, 1.82) is 0 Å². The lowest BCUT2D eigenvalue weighted by Crippen LogP contribution is -2.63. The van der Waals surface area contributed by atoms with Crippen molar-refractivity contribution >= 4 is 18.4 Å². The first kappa shape index (κ1) is 18.2. The molecule has 0 aromatic heterocycles. The molecule has 2 N–H and O–H groups in total. The highest BCUT2D eigenvalue weighted by Crippen LogP contribution is 2.24. The molecule has 4 rings (SSSR count). The van der Waals surface area contributed by atoms with Crippen molar-refractivity contribution in [2.24, 2.45) is 5.73 Å². The molecule has 0 saturated carbocycles.